The molecule has 1 heterocycles. The van der Waals surface area contributed by atoms with Gasteiger partial charge in [-0.3, -0.25) is 4.79 Å². The normalized spacial score (nSPS) is 10.8. The first-order chi connectivity index (χ1) is 12.4. The molecule has 0 unspecified atom stereocenters. The highest BCUT2D eigenvalue weighted by atomic mass is 35.5. The standard InChI is InChI=1S/C19H19ClN4OS/c1-12-4-7-14(8-5-12)18-22-23-19(24(18)3)26-11-17(25)21-16-9-6-13(2)10-15(16)20/h4-10H,11H2,1-3H3,(H,21,25). The Morgan fingerprint density at radius 3 is 2.50 bits per heavy atom. The molecule has 7 heteroatoms. The molecular weight excluding hydrogens is 368 g/mol. The lowest BCUT2D eigenvalue weighted by molar-refractivity contribution is -0.113. The summed E-state index contributed by atoms with van der Waals surface area (Å²) in [6.07, 6.45) is 0. The number of carbonyl (C=O) groups is 1. The quantitative estimate of drug-likeness (QED) is 0.656. The number of hydrogen-bond donors (Lipinski definition) is 1. The lowest BCUT2D eigenvalue weighted by Crippen LogP contribution is -2.14. The van der Waals surface area contributed by atoms with Crippen molar-refractivity contribution in [2.45, 2.75) is 19.0 Å². The number of carbonyl (C=O) groups excluding carboxylic acids is 1. The molecule has 5 nitrogen and oxygen atoms in total. The fourth-order valence-corrected chi connectivity index (χ4v) is 3.43. The highest BCUT2D eigenvalue weighted by Gasteiger charge is 2.13. The van der Waals surface area contributed by atoms with Gasteiger partial charge in [0.05, 0.1) is 16.5 Å². The van der Waals surface area contributed by atoms with E-state index in [2.05, 4.69) is 15.5 Å². The Kier molecular flexibility index (Phi) is 5.64. The first kappa shape index (κ1) is 18.5. The first-order valence-electron chi connectivity index (χ1n) is 8.09. The van der Waals surface area contributed by atoms with Crippen molar-refractivity contribution in [2.24, 2.45) is 7.05 Å². The van der Waals surface area contributed by atoms with Gasteiger partial charge < -0.3 is 9.88 Å². The Balaban J connectivity index is 1.64. The molecule has 2 aromatic carbocycles. The number of aromatic nitrogens is 3. The Morgan fingerprint density at radius 2 is 1.81 bits per heavy atom. The highest BCUT2D eigenvalue weighted by molar-refractivity contribution is 7.99. The summed E-state index contributed by atoms with van der Waals surface area (Å²) < 4.78 is 1.89. The lowest BCUT2D eigenvalue weighted by atomic mass is 10.1. The van der Waals surface area contributed by atoms with Crippen LogP contribution in [0.5, 0.6) is 0 Å². The highest BCUT2D eigenvalue weighted by Crippen LogP contribution is 2.25. The summed E-state index contributed by atoms with van der Waals surface area (Å²) in [5, 5.41) is 12.5. The van der Waals surface area contributed by atoms with E-state index in [9.17, 15) is 4.79 Å². The fraction of sp³-hybridized carbons (Fsp3) is 0.211. The second-order valence-corrected chi connectivity index (χ2v) is 7.40. The van der Waals surface area contributed by atoms with Crippen LogP contribution in [0.4, 0.5) is 5.69 Å². The summed E-state index contributed by atoms with van der Waals surface area (Å²) in [5.41, 5.74) is 3.84. The molecule has 0 aliphatic heterocycles. The van der Waals surface area contributed by atoms with Gasteiger partial charge in [0.2, 0.25) is 5.91 Å². The molecule has 0 aliphatic rings. The number of hydrogen-bond acceptors (Lipinski definition) is 4. The van der Waals surface area contributed by atoms with Gasteiger partial charge in [0.25, 0.3) is 0 Å². The molecule has 3 aromatic rings. The minimum absolute atomic E-state index is 0.138. The van der Waals surface area contributed by atoms with Crippen molar-refractivity contribution in [3.05, 3.63) is 58.6 Å². The predicted octanol–water partition coefficient (Wildman–Crippen LogP) is 4.48. The molecule has 0 bridgehead atoms. The van der Waals surface area contributed by atoms with Gasteiger partial charge >= 0.3 is 0 Å². The number of halogens is 1. The van der Waals surface area contributed by atoms with Gasteiger partial charge in [0.1, 0.15) is 0 Å². The van der Waals surface area contributed by atoms with Crippen LogP contribution in [-0.2, 0) is 11.8 Å². The number of aryl methyl sites for hydroxylation is 2. The van der Waals surface area contributed by atoms with Crippen LogP contribution < -0.4 is 5.32 Å². The topological polar surface area (TPSA) is 59.8 Å². The van der Waals surface area contributed by atoms with Crippen molar-refractivity contribution in [1.82, 2.24) is 14.8 Å². The Labute approximate surface area is 161 Å². The van der Waals surface area contributed by atoms with Gasteiger partial charge in [-0.1, -0.05) is 59.3 Å². The fourth-order valence-electron chi connectivity index (χ4n) is 2.43. The Hall–Kier alpha value is -2.31. The smallest absolute Gasteiger partial charge is 0.234 e. The third-order valence-corrected chi connectivity index (χ3v) is 5.21. The van der Waals surface area contributed by atoms with Crippen molar-refractivity contribution in [2.75, 3.05) is 11.1 Å². The molecule has 0 spiro atoms. The molecule has 3 rings (SSSR count). The van der Waals surface area contributed by atoms with Crippen LogP contribution >= 0.6 is 23.4 Å². The van der Waals surface area contributed by atoms with Crippen LogP contribution in [0.3, 0.4) is 0 Å². The van der Waals surface area contributed by atoms with Gasteiger partial charge in [-0.25, -0.2) is 0 Å². The van der Waals surface area contributed by atoms with E-state index < -0.39 is 0 Å². The SMILES string of the molecule is Cc1ccc(-c2nnc(SCC(=O)Nc3ccc(C)cc3Cl)n2C)cc1. The molecule has 0 saturated heterocycles. The van der Waals surface area contributed by atoms with E-state index in [0.717, 1.165) is 17.0 Å². The zero-order valence-corrected chi connectivity index (χ0v) is 16.4. The van der Waals surface area contributed by atoms with Crippen molar-refractivity contribution in [1.29, 1.82) is 0 Å². The average molecular weight is 387 g/mol. The van der Waals surface area contributed by atoms with Crippen LogP contribution in [0.1, 0.15) is 11.1 Å². The van der Waals surface area contributed by atoms with E-state index in [1.807, 2.05) is 61.9 Å². The third kappa shape index (κ3) is 4.26. The zero-order chi connectivity index (χ0) is 18.7. The molecule has 0 saturated carbocycles. The summed E-state index contributed by atoms with van der Waals surface area (Å²) in [6, 6.07) is 13.6. The van der Waals surface area contributed by atoms with E-state index >= 15 is 0 Å². The number of benzene rings is 2. The number of rotatable bonds is 5. The molecule has 26 heavy (non-hydrogen) atoms. The van der Waals surface area contributed by atoms with Crippen LogP contribution in [0, 0.1) is 13.8 Å². The monoisotopic (exact) mass is 386 g/mol. The molecule has 1 amide bonds. The molecular formula is C19H19ClN4OS. The van der Waals surface area contributed by atoms with Crippen LogP contribution in [0.2, 0.25) is 5.02 Å². The summed E-state index contributed by atoms with van der Waals surface area (Å²) in [6.45, 7) is 3.99. The van der Waals surface area contributed by atoms with Crippen LogP contribution in [0.25, 0.3) is 11.4 Å². The second kappa shape index (κ2) is 7.93. The van der Waals surface area contributed by atoms with Crippen LogP contribution in [-0.4, -0.2) is 26.4 Å². The van der Waals surface area contributed by atoms with Crippen molar-refractivity contribution in [3.8, 4) is 11.4 Å². The summed E-state index contributed by atoms with van der Waals surface area (Å²) >= 11 is 7.49. The number of anilines is 1. The first-order valence-corrected chi connectivity index (χ1v) is 9.45. The van der Waals surface area contributed by atoms with Crippen molar-refractivity contribution in [3.63, 3.8) is 0 Å². The summed E-state index contributed by atoms with van der Waals surface area (Å²) in [7, 11) is 1.90. The van der Waals surface area contributed by atoms with Crippen molar-refractivity contribution < 1.29 is 4.79 Å². The average Bonchev–Trinajstić information content (AvgIpc) is 2.97. The number of amides is 1. The van der Waals surface area contributed by atoms with E-state index in [0.29, 0.717) is 15.9 Å². The lowest BCUT2D eigenvalue weighted by Gasteiger charge is -2.08. The van der Waals surface area contributed by atoms with E-state index in [4.69, 9.17) is 11.6 Å². The molecule has 0 fully saturated rings. The summed E-state index contributed by atoms with van der Waals surface area (Å²) in [5.74, 6) is 0.861. The maximum absolute atomic E-state index is 12.2. The molecule has 0 radical (unpaired) electrons. The van der Waals surface area contributed by atoms with Crippen LogP contribution in [0.15, 0.2) is 47.6 Å². The molecule has 1 N–H and O–H groups in total. The van der Waals surface area contributed by atoms with Gasteiger partial charge in [0, 0.05) is 12.6 Å². The number of nitrogens with zero attached hydrogens (tertiary/aromatic N) is 3. The number of thioether (sulfide) groups is 1. The van der Waals surface area contributed by atoms with E-state index in [1.54, 1.807) is 6.07 Å². The van der Waals surface area contributed by atoms with E-state index in [1.165, 1.54) is 17.3 Å². The largest absolute Gasteiger partial charge is 0.324 e. The van der Waals surface area contributed by atoms with Gasteiger partial charge in [0.15, 0.2) is 11.0 Å². The molecule has 0 atom stereocenters. The third-order valence-electron chi connectivity index (χ3n) is 3.88. The van der Waals surface area contributed by atoms with Crippen molar-refractivity contribution >= 4 is 35.0 Å². The molecule has 134 valence electrons. The molecule has 1 aromatic heterocycles. The minimum Gasteiger partial charge on any atom is -0.324 e. The number of nitrogens with one attached hydrogen (secondary N) is 1. The van der Waals surface area contributed by atoms with Gasteiger partial charge in [-0.05, 0) is 31.5 Å². The zero-order valence-electron chi connectivity index (χ0n) is 14.8. The Morgan fingerprint density at radius 1 is 1.12 bits per heavy atom. The summed E-state index contributed by atoms with van der Waals surface area (Å²) in [4.78, 5) is 12.2. The van der Waals surface area contributed by atoms with E-state index in [-0.39, 0.29) is 11.7 Å². The Bertz CT molecular complexity index is 937. The molecule has 0 aliphatic carbocycles. The second-order valence-electron chi connectivity index (χ2n) is 6.05. The minimum atomic E-state index is -0.138. The maximum atomic E-state index is 12.2. The van der Waals surface area contributed by atoms with Gasteiger partial charge in [-0.15, -0.1) is 10.2 Å². The van der Waals surface area contributed by atoms with Gasteiger partial charge in [-0.2, -0.15) is 0 Å². The maximum Gasteiger partial charge on any atom is 0.234 e. The predicted molar refractivity (Wildman–Crippen MR) is 107 cm³/mol.